The van der Waals surface area contributed by atoms with Gasteiger partial charge in [-0.1, -0.05) is 68.1 Å². The highest BCUT2D eigenvalue weighted by Crippen LogP contribution is 2.23. The van der Waals surface area contributed by atoms with E-state index in [0.29, 0.717) is 35.5 Å². The number of aromatic nitrogens is 3. The molecule has 0 aliphatic carbocycles. The zero-order chi connectivity index (χ0) is 25.3. The Kier molecular flexibility index (Phi) is 8.37. The molecule has 0 spiro atoms. The normalized spacial score (nSPS) is 10.7. The van der Waals surface area contributed by atoms with Gasteiger partial charge in [0.05, 0.1) is 18.2 Å². The molecule has 7 nitrogen and oxygen atoms in total. The first-order valence-electron chi connectivity index (χ1n) is 11.6. The zero-order valence-electron chi connectivity index (χ0n) is 20.2. The molecule has 36 heavy (non-hydrogen) atoms. The van der Waals surface area contributed by atoms with Crippen LogP contribution in [0.4, 0.5) is 5.69 Å². The third kappa shape index (κ3) is 6.52. The minimum Gasteiger partial charge on any atom is -0.489 e. The maximum atomic E-state index is 12.7. The predicted octanol–water partition coefficient (Wildman–Crippen LogP) is 5.77. The SMILES string of the molecule is CC(C)c1ccc(-n2cnnc2SCC(=O)Nc2ccccc2COc2ccc(CC#N)cc2)cc1. The fourth-order valence-corrected chi connectivity index (χ4v) is 4.29. The van der Waals surface area contributed by atoms with E-state index in [0.717, 1.165) is 16.8 Å². The van der Waals surface area contributed by atoms with Crippen molar-refractivity contribution >= 4 is 23.4 Å². The number of benzene rings is 3. The summed E-state index contributed by atoms with van der Waals surface area (Å²) in [5.74, 6) is 1.21. The smallest absolute Gasteiger partial charge is 0.234 e. The van der Waals surface area contributed by atoms with Crippen LogP contribution < -0.4 is 10.1 Å². The molecule has 0 radical (unpaired) electrons. The molecule has 0 aliphatic rings. The summed E-state index contributed by atoms with van der Waals surface area (Å²) in [5.41, 5.74) is 4.73. The van der Waals surface area contributed by atoms with E-state index >= 15 is 0 Å². The van der Waals surface area contributed by atoms with Gasteiger partial charge in [-0.25, -0.2) is 0 Å². The Hall–Kier alpha value is -4.09. The number of rotatable bonds is 10. The average Bonchev–Trinajstić information content (AvgIpc) is 3.37. The lowest BCUT2D eigenvalue weighted by Crippen LogP contribution is -2.16. The van der Waals surface area contributed by atoms with E-state index in [9.17, 15) is 4.79 Å². The summed E-state index contributed by atoms with van der Waals surface area (Å²) in [6.07, 6.45) is 2.03. The van der Waals surface area contributed by atoms with Crippen molar-refractivity contribution in [1.29, 1.82) is 5.26 Å². The molecule has 0 unspecified atom stereocenters. The van der Waals surface area contributed by atoms with Crippen molar-refractivity contribution < 1.29 is 9.53 Å². The lowest BCUT2D eigenvalue weighted by Gasteiger charge is -2.13. The van der Waals surface area contributed by atoms with Gasteiger partial charge in [0.25, 0.3) is 0 Å². The molecule has 8 heteroatoms. The van der Waals surface area contributed by atoms with E-state index in [2.05, 4.69) is 47.6 Å². The fourth-order valence-electron chi connectivity index (χ4n) is 3.56. The highest BCUT2D eigenvalue weighted by Gasteiger charge is 2.12. The number of anilines is 1. The van der Waals surface area contributed by atoms with Crippen molar-refractivity contribution in [3.8, 4) is 17.5 Å². The monoisotopic (exact) mass is 497 g/mol. The molecule has 4 aromatic rings. The molecule has 1 amide bonds. The van der Waals surface area contributed by atoms with Crippen molar-refractivity contribution in [2.45, 2.75) is 37.9 Å². The Morgan fingerprint density at radius 2 is 1.83 bits per heavy atom. The summed E-state index contributed by atoms with van der Waals surface area (Å²) in [5, 5.41) is 20.6. The largest absolute Gasteiger partial charge is 0.489 e. The first-order valence-corrected chi connectivity index (χ1v) is 12.6. The number of nitrogens with zero attached hydrogens (tertiary/aromatic N) is 4. The Bertz CT molecular complexity index is 1340. The van der Waals surface area contributed by atoms with E-state index in [1.54, 1.807) is 6.33 Å². The first-order chi connectivity index (χ1) is 17.5. The maximum absolute atomic E-state index is 12.7. The quantitative estimate of drug-likeness (QED) is 0.280. The maximum Gasteiger partial charge on any atom is 0.234 e. The van der Waals surface area contributed by atoms with Crippen LogP contribution in [0.3, 0.4) is 0 Å². The van der Waals surface area contributed by atoms with Crippen LogP contribution in [-0.4, -0.2) is 26.4 Å². The number of nitrogens with one attached hydrogen (secondary N) is 1. The predicted molar refractivity (Wildman–Crippen MR) is 141 cm³/mol. The number of carbonyl (C=O) groups is 1. The second kappa shape index (κ2) is 12.0. The molecule has 182 valence electrons. The van der Waals surface area contributed by atoms with Crippen LogP contribution in [0.2, 0.25) is 0 Å². The van der Waals surface area contributed by atoms with Gasteiger partial charge in [0.15, 0.2) is 5.16 Å². The van der Waals surface area contributed by atoms with Crippen molar-refractivity contribution in [2.24, 2.45) is 0 Å². The van der Waals surface area contributed by atoms with Gasteiger partial charge >= 0.3 is 0 Å². The Labute approximate surface area is 215 Å². The van der Waals surface area contributed by atoms with Gasteiger partial charge in [0.2, 0.25) is 5.91 Å². The summed E-state index contributed by atoms with van der Waals surface area (Å²) >= 11 is 1.33. The topological polar surface area (TPSA) is 92.8 Å². The van der Waals surface area contributed by atoms with Crippen molar-refractivity contribution in [2.75, 3.05) is 11.1 Å². The number of ether oxygens (including phenoxy) is 1. The molecule has 0 saturated carbocycles. The van der Waals surface area contributed by atoms with Crippen LogP contribution in [-0.2, 0) is 17.8 Å². The number of nitriles is 1. The second-order valence-corrected chi connectivity index (χ2v) is 9.43. The van der Waals surface area contributed by atoms with Gasteiger partial charge in [-0.15, -0.1) is 10.2 Å². The molecule has 1 heterocycles. The Morgan fingerprint density at radius 3 is 2.56 bits per heavy atom. The van der Waals surface area contributed by atoms with Gasteiger partial charge in [-0.05, 0) is 47.4 Å². The molecule has 0 fully saturated rings. The Balaban J connectivity index is 1.35. The molecule has 0 aliphatic heterocycles. The minimum absolute atomic E-state index is 0.141. The first kappa shape index (κ1) is 25.0. The molecule has 0 bridgehead atoms. The van der Waals surface area contributed by atoms with E-state index in [1.165, 1.54) is 17.3 Å². The zero-order valence-corrected chi connectivity index (χ0v) is 21.0. The number of hydrogen-bond donors (Lipinski definition) is 1. The van der Waals surface area contributed by atoms with E-state index < -0.39 is 0 Å². The lowest BCUT2D eigenvalue weighted by atomic mass is 10.0. The second-order valence-electron chi connectivity index (χ2n) is 8.49. The van der Waals surface area contributed by atoms with E-state index in [4.69, 9.17) is 10.00 Å². The molecule has 0 saturated heterocycles. The van der Waals surface area contributed by atoms with Crippen molar-refractivity contribution in [3.63, 3.8) is 0 Å². The molecule has 1 aromatic heterocycles. The van der Waals surface area contributed by atoms with Crippen LogP contribution >= 0.6 is 11.8 Å². The lowest BCUT2D eigenvalue weighted by molar-refractivity contribution is -0.113. The number of thioether (sulfide) groups is 1. The number of amides is 1. The highest BCUT2D eigenvalue weighted by atomic mass is 32.2. The van der Waals surface area contributed by atoms with Crippen LogP contribution in [0.5, 0.6) is 5.75 Å². The third-order valence-electron chi connectivity index (χ3n) is 5.58. The standard InChI is InChI=1S/C28H27N5O2S/c1-20(2)22-9-11-24(12-10-22)33-19-30-32-28(33)36-18-27(34)31-26-6-4-3-5-23(26)17-35-25-13-7-21(8-14-25)15-16-29/h3-14,19-20H,15,17-18H2,1-2H3,(H,31,34). The van der Waals surface area contributed by atoms with E-state index in [-0.39, 0.29) is 11.7 Å². The third-order valence-corrected chi connectivity index (χ3v) is 6.52. The molecular formula is C28H27N5O2S. The van der Waals surface area contributed by atoms with Gasteiger partial charge in [0, 0.05) is 16.9 Å². The molecule has 4 rings (SSSR count). The molecule has 0 atom stereocenters. The van der Waals surface area contributed by atoms with Gasteiger partial charge in [-0.3, -0.25) is 9.36 Å². The summed E-state index contributed by atoms with van der Waals surface area (Å²) in [6.45, 7) is 4.63. The molecular weight excluding hydrogens is 470 g/mol. The van der Waals surface area contributed by atoms with Crippen molar-refractivity contribution in [1.82, 2.24) is 14.8 Å². The van der Waals surface area contributed by atoms with Crippen LogP contribution in [0.1, 0.15) is 36.5 Å². The van der Waals surface area contributed by atoms with Gasteiger partial charge < -0.3 is 10.1 Å². The number of hydrogen-bond acceptors (Lipinski definition) is 6. The highest BCUT2D eigenvalue weighted by molar-refractivity contribution is 7.99. The fraction of sp³-hybridized carbons (Fsp3) is 0.214. The van der Waals surface area contributed by atoms with Gasteiger partial charge in [0.1, 0.15) is 18.7 Å². The molecule has 3 aromatic carbocycles. The summed E-state index contributed by atoms with van der Waals surface area (Å²) in [7, 11) is 0. The average molecular weight is 498 g/mol. The van der Waals surface area contributed by atoms with Crippen LogP contribution in [0.15, 0.2) is 84.3 Å². The van der Waals surface area contributed by atoms with Crippen LogP contribution in [0.25, 0.3) is 5.69 Å². The number of carbonyl (C=O) groups excluding carboxylic acids is 1. The van der Waals surface area contributed by atoms with Gasteiger partial charge in [-0.2, -0.15) is 5.26 Å². The van der Waals surface area contributed by atoms with E-state index in [1.807, 2.05) is 65.2 Å². The molecule has 1 N–H and O–H groups in total. The Morgan fingerprint density at radius 1 is 1.08 bits per heavy atom. The minimum atomic E-state index is -0.141. The van der Waals surface area contributed by atoms with Crippen molar-refractivity contribution in [3.05, 3.63) is 95.8 Å². The summed E-state index contributed by atoms with van der Waals surface area (Å²) in [4.78, 5) is 12.7. The van der Waals surface area contributed by atoms with Crippen LogP contribution in [0, 0.1) is 11.3 Å². The number of para-hydroxylation sites is 1. The summed E-state index contributed by atoms with van der Waals surface area (Å²) in [6, 6.07) is 25.4. The summed E-state index contributed by atoms with van der Waals surface area (Å²) < 4.78 is 7.77.